The van der Waals surface area contributed by atoms with Crippen LogP contribution in [0.4, 0.5) is 0 Å². The SMILES string of the molecule is CC1=NOC2(CCC2)C(=O)O1. The Labute approximate surface area is 64.2 Å². The number of carbonyl (C=O) groups excluding carboxylic acids is 1. The van der Waals surface area contributed by atoms with Crippen LogP contribution in [0.2, 0.25) is 0 Å². The molecule has 0 aromatic carbocycles. The Morgan fingerprint density at radius 3 is 2.73 bits per heavy atom. The van der Waals surface area contributed by atoms with Crippen molar-refractivity contribution in [3.05, 3.63) is 0 Å². The fraction of sp³-hybridized carbons (Fsp3) is 0.714. The van der Waals surface area contributed by atoms with Crippen molar-refractivity contribution in [2.45, 2.75) is 31.8 Å². The first kappa shape index (κ1) is 6.64. The lowest BCUT2D eigenvalue weighted by molar-refractivity contribution is -0.185. The number of ether oxygens (including phenoxy) is 1. The first-order valence-corrected chi connectivity index (χ1v) is 3.68. The van der Waals surface area contributed by atoms with Crippen LogP contribution in [0.1, 0.15) is 26.2 Å². The molecule has 1 fully saturated rings. The van der Waals surface area contributed by atoms with Gasteiger partial charge in [-0.1, -0.05) is 5.16 Å². The standard InChI is InChI=1S/C7H9NO3/c1-5-8-11-7(3-2-4-7)6(9)10-5/h2-4H2,1H3. The minimum atomic E-state index is -0.709. The Hall–Kier alpha value is -1.06. The quantitative estimate of drug-likeness (QED) is 0.486. The van der Waals surface area contributed by atoms with E-state index < -0.39 is 5.60 Å². The summed E-state index contributed by atoms with van der Waals surface area (Å²) in [6, 6.07) is 0. The average molecular weight is 155 g/mol. The Kier molecular flexibility index (Phi) is 1.19. The summed E-state index contributed by atoms with van der Waals surface area (Å²) < 4.78 is 4.83. The summed E-state index contributed by atoms with van der Waals surface area (Å²) in [6.07, 6.45) is 2.49. The molecule has 0 aromatic rings. The average Bonchev–Trinajstić information content (AvgIpc) is 1.84. The molecular formula is C7H9NO3. The van der Waals surface area contributed by atoms with Gasteiger partial charge in [-0.3, -0.25) is 0 Å². The summed E-state index contributed by atoms with van der Waals surface area (Å²) in [6.45, 7) is 1.60. The minimum absolute atomic E-state index is 0.281. The lowest BCUT2D eigenvalue weighted by Crippen LogP contribution is -2.50. The van der Waals surface area contributed by atoms with E-state index in [0.717, 1.165) is 19.3 Å². The van der Waals surface area contributed by atoms with Crippen molar-refractivity contribution in [3.8, 4) is 0 Å². The second-order valence-electron chi connectivity index (χ2n) is 2.94. The number of hydrogen-bond donors (Lipinski definition) is 0. The summed E-state index contributed by atoms with van der Waals surface area (Å²) >= 11 is 0. The zero-order chi connectivity index (χ0) is 7.90. The second kappa shape index (κ2) is 1.96. The van der Waals surface area contributed by atoms with Crippen LogP contribution in [-0.2, 0) is 14.4 Å². The molecule has 60 valence electrons. The number of nitrogens with zero attached hydrogens (tertiary/aromatic N) is 1. The molecule has 4 heteroatoms. The molecule has 1 aliphatic carbocycles. The van der Waals surface area contributed by atoms with E-state index in [2.05, 4.69) is 5.16 Å². The largest absolute Gasteiger partial charge is 0.406 e. The maximum absolute atomic E-state index is 11.2. The van der Waals surface area contributed by atoms with Crippen LogP contribution in [0.3, 0.4) is 0 Å². The predicted molar refractivity (Wildman–Crippen MR) is 36.9 cm³/mol. The van der Waals surface area contributed by atoms with Gasteiger partial charge in [0.05, 0.1) is 0 Å². The molecule has 0 saturated heterocycles. The normalized spacial score (nSPS) is 26.6. The lowest BCUT2D eigenvalue weighted by Gasteiger charge is -2.38. The van der Waals surface area contributed by atoms with Crippen LogP contribution in [0.15, 0.2) is 5.16 Å². The van der Waals surface area contributed by atoms with E-state index in [1.54, 1.807) is 6.92 Å². The van der Waals surface area contributed by atoms with E-state index in [9.17, 15) is 4.79 Å². The van der Waals surface area contributed by atoms with Gasteiger partial charge in [-0.25, -0.2) is 4.79 Å². The summed E-state index contributed by atoms with van der Waals surface area (Å²) in [5.74, 6) is 0.0174. The topological polar surface area (TPSA) is 47.9 Å². The summed E-state index contributed by atoms with van der Waals surface area (Å²) in [4.78, 5) is 16.2. The Balaban J connectivity index is 2.20. The van der Waals surface area contributed by atoms with Crippen LogP contribution in [0.5, 0.6) is 0 Å². The van der Waals surface area contributed by atoms with Crippen molar-refractivity contribution in [1.29, 1.82) is 0 Å². The number of cyclic esters (lactones) is 1. The van der Waals surface area contributed by atoms with E-state index in [4.69, 9.17) is 9.57 Å². The van der Waals surface area contributed by atoms with Gasteiger partial charge in [0.15, 0.2) is 0 Å². The highest BCUT2D eigenvalue weighted by Gasteiger charge is 2.51. The van der Waals surface area contributed by atoms with Gasteiger partial charge in [-0.2, -0.15) is 0 Å². The third kappa shape index (κ3) is 0.818. The van der Waals surface area contributed by atoms with Gasteiger partial charge in [0.1, 0.15) is 0 Å². The first-order valence-electron chi connectivity index (χ1n) is 3.68. The highest BCUT2D eigenvalue weighted by atomic mass is 16.7. The maximum Gasteiger partial charge on any atom is 0.359 e. The molecule has 1 spiro atoms. The molecular weight excluding hydrogens is 146 g/mol. The highest BCUT2D eigenvalue weighted by Crippen LogP contribution is 2.38. The zero-order valence-electron chi connectivity index (χ0n) is 6.29. The lowest BCUT2D eigenvalue weighted by atomic mass is 9.80. The van der Waals surface area contributed by atoms with Crippen molar-refractivity contribution < 1.29 is 14.4 Å². The number of esters is 1. The third-order valence-corrected chi connectivity index (χ3v) is 2.12. The minimum Gasteiger partial charge on any atom is -0.406 e. The van der Waals surface area contributed by atoms with Crippen molar-refractivity contribution in [2.75, 3.05) is 0 Å². The van der Waals surface area contributed by atoms with Crippen LogP contribution in [0, 0.1) is 0 Å². The van der Waals surface area contributed by atoms with Gasteiger partial charge in [-0.15, -0.1) is 0 Å². The van der Waals surface area contributed by atoms with E-state index >= 15 is 0 Å². The van der Waals surface area contributed by atoms with Crippen LogP contribution in [-0.4, -0.2) is 17.5 Å². The summed E-state index contributed by atoms with van der Waals surface area (Å²) in [5, 5.41) is 3.63. The van der Waals surface area contributed by atoms with Crippen molar-refractivity contribution in [3.63, 3.8) is 0 Å². The van der Waals surface area contributed by atoms with Crippen LogP contribution in [0.25, 0.3) is 0 Å². The van der Waals surface area contributed by atoms with E-state index in [0.29, 0.717) is 5.90 Å². The maximum atomic E-state index is 11.2. The smallest absolute Gasteiger partial charge is 0.359 e. The molecule has 0 amide bonds. The predicted octanol–water partition coefficient (Wildman–Crippen LogP) is 0.816. The number of hydrogen-bond acceptors (Lipinski definition) is 4. The van der Waals surface area contributed by atoms with E-state index in [-0.39, 0.29) is 5.97 Å². The zero-order valence-corrected chi connectivity index (χ0v) is 6.29. The molecule has 11 heavy (non-hydrogen) atoms. The molecule has 2 rings (SSSR count). The molecule has 0 aromatic heterocycles. The molecule has 4 nitrogen and oxygen atoms in total. The van der Waals surface area contributed by atoms with Crippen molar-refractivity contribution >= 4 is 11.9 Å². The van der Waals surface area contributed by atoms with Crippen LogP contribution < -0.4 is 0 Å². The Bertz CT molecular complexity index is 230. The molecule has 0 N–H and O–H groups in total. The van der Waals surface area contributed by atoms with Gasteiger partial charge in [0.25, 0.3) is 0 Å². The van der Waals surface area contributed by atoms with Crippen molar-refractivity contribution in [1.82, 2.24) is 0 Å². The van der Waals surface area contributed by atoms with Gasteiger partial charge < -0.3 is 9.57 Å². The molecule has 1 saturated carbocycles. The van der Waals surface area contributed by atoms with Crippen molar-refractivity contribution in [2.24, 2.45) is 5.16 Å². The summed E-state index contributed by atoms with van der Waals surface area (Å²) in [7, 11) is 0. The Morgan fingerprint density at radius 1 is 1.55 bits per heavy atom. The van der Waals surface area contributed by atoms with Gasteiger partial charge in [-0.05, 0) is 6.42 Å². The molecule has 0 atom stereocenters. The monoisotopic (exact) mass is 155 g/mol. The third-order valence-electron chi connectivity index (χ3n) is 2.12. The number of oxime groups is 1. The molecule has 1 aliphatic heterocycles. The number of carbonyl (C=O) groups is 1. The van der Waals surface area contributed by atoms with Gasteiger partial charge in [0.2, 0.25) is 11.5 Å². The number of rotatable bonds is 0. The fourth-order valence-electron chi connectivity index (χ4n) is 1.23. The Morgan fingerprint density at radius 2 is 2.27 bits per heavy atom. The van der Waals surface area contributed by atoms with E-state index in [1.165, 1.54) is 0 Å². The fourth-order valence-corrected chi connectivity index (χ4v) is 1.23. The molecule has 1 heterocycles. The molecule has 0 unspecified atom stereocenters. The van der Waals surface area contributed by atoms with Gasteiger partial charge in [0, 0.05) is 19.8 Å². The van der Waals surface area contributed by atoms with Crippen LogP contribution >= 0.6 is 0 Å². The van der Waals surface area contributed by atoms with E-state index in [1.807, 2.05) is 0 Å². The molecule has 0 radical (unpaired) electrons. The van der Waals surface area contributed by atoms with Gasteiger partial charge >= 0.3 is 5.97 Å². The summed E-state index contributed by atoms with van der Waals surface area (Å²) in [5.41, 5.74) is -0.709. The highest BCUT2D eigenvalue weighted by molar-refractivity contribution is 5.93. The first-order chi connectivity index (χ1) is 5.23. The molecule has 0 bridgehead atoms. The second-order valence-corrected chi connectivity index (χ2v) is 2.94. The molecule has 2 aliphatic rings.